The number of phenols is 1. The van der Waals surface area contributed by atoms with Gasteiger partial charge in [0.1, 0.15) is 5.75 Å². The third-order valence-electron chi connectivity index (χ3n) is 4.75. The molecule has 1 aliphatic heterocycles. The molecular weight excluding hydrogens is 312 g/mol. The lowest BCUT2D eigenvalue weighted by molar-refractivity contribution is -0.120. The van der Waals surface area contributed by atoms with Crippen LogP contribution in [-0.2, 0) is 17.8 Å². The van der Waals surface area contributed by atoms with Crippen LogP contribution < -0.4 is 5.32 Å². The van der Waals surface area contributed by atoms with E-state index in [0.717, 1.165) is 38.2 Å². The molecule has 4 heteroatoms. The number of carbonyl (C=O) groups is 1. The lowest BCUT2D eigenvalue weighted by Gasteiger charge is -2.17. The molecule has 3 rings (SSSR count). The molecule has 1 atom stereocenters. The van der Waals surface area contributed by atoms with E-state index in [4.69, 9.17) is 0 Å². The Balaban J connectivity index is 1.40. The van der Waals surface area contributed by atoms with Gasteiger partial charge in [-0.1, -0.05) is 42.0 Å². The lowest BCUT2D eigenvalue weighted by atomic mass is 10.1. The Labute approximate surface area is 149 Å². The summed E-state index contributed by atoms with van der Waals surface area (Å²) in [6.07, 6.45) is 1.49. The molecule has 1 saturated heterocycles. The molecule has 0 saturated carbocycles. The van der Waals surface area contributed by atoms with Crippen molar-refractivity contribution in [2.45, 2.75) is 26.3 Å². The Morgan fingerprint density at radius 3 is 2.76 bits per heavy atom. The van der Waals surface area contributed by atoms with Gasteiger partial charge in [0.15, 0.2) is 0 Å². The van der Waals surface area contributed by atoms with Gasteiger partial charge in [0.2, 0.25) is 5.91 Å². The Morgan fingerprint density at radius 2 is 2.00 bits per heavy atom. The van der Waals surface area contributed by atoms with Gasteiger partial charge in [0.25, 0.3) is 0 Å². The summed E-state index contributed by atoms with van der Waals surface area (Å²) >= 11 is 0. The van der Waals surface area contributed by atoms with Crippen molar-refractivity contribution in [1.82, 2.24) is 10.2 Å². The summed E-state index contributed by atoms with van der Waals surface area (Å²) in [6, 6.07) is 15.5. The van der Waals surface area contributed by atoms with Gasteiger partial charge in [-0.3, -0.25) is 9.69 Å². The van der Waals surface area contributed by atoms with Crippen molar-refractivity contribution in [3.05, 3.63) is 65.2 Å². The number of phenolic OH excluding ortho intramolecular Hbond substituents is 1. The molecule has 1 fully saturated rings. The van der Waals surface area contributed by atoms with Crippen molar-refractivity contribution in [2.75, 3.05) is 19.6 Å². The van der Waals surface area contributed by atoms with E-state index in [1.165, 1.54) is 11.1 Å². The molecule has 2 aromatic rings. The molecule has 0 bridgehead atoms. The van der Waals surface area contributed by atoms with E-state index < -0.39 is 0 Å². The first-order valence-electron chi connectivity index (χ1n) is 8.91. The van der Waals surface area contributed by atoms with Crippen LogP contribution in [-0.4, -0.2) is 35.5 Å². The number of nitrogens with one attached hydrogen (secondary N) is 1. The second kappa shape index (κ2) is 8.17. The van der Waals surface area contributed by atoms with Gasteiger partial charge in [0.05, 0.1) is 6.42 Å². The minimum atomic E-state index is 0.0443. The Hall–Kier alpha value is -2.33. The maximum absolute atomic E-state index is 12.1. The molecule has 0 radical (unpaired) electrons. The first-order chi connectivity index (χ1) is 12.1. The van der Waals surface area contributed by atoms with E-state index >= 15 is 0 Å². The van der Waals surface area contributed by atoms with Gasteiger partial charge < -0.3 is 10.4 Å². The van der Waals surface area contributed by atoms with Gasteiger partial charge in [-0.15, -0.1) is 0 Å². The molecule has 1 amide bonds. The second-order valence-corrected chi connectivity index (χ2v) is 7.03. The van der Waals surface area contributed by atoms with E-state index in [0.29, 0.717) is 12.3 Å². The first-order valence-corrected chi connectivity index (χ1v) is 8.91. The summed E-state index contributed by atoms with van der Waals surface area (Å²) in [4.78, 5) is 14.5. The van der Waals surface area contributed by atoms with E-state index in [2.05, 4.69) is 41.4 Å². The predicted molar refractivity (Wildman–Crippen MR) is 99.4 cm³/mol. The van der Waals surface area contributed by atoms with Crippen molar-refractivity contribution < 1.29 is 9.90 Å². The van der Waals surface area contributed by atoms with Gasteiger partial charge >= 0.3 is 0 Å². The number of likely N-dealkylation sites (tertiary alicyclic amines) is 1. The van der Waals surface area contributed by atoms with Gasteiger partial charge in [-0.05, 0) is 49.1 Å². The smallest absolute Gasteiger partial charge is 0.224 e. The third-order valence-corrected chi connectivity index (χ3v) is 4.75. The van der Waals surface area contributed by atoms with Crippen molar-refractivity contribution in [3.63, 3.8) is 0 Å². The standard InChI is InChI=1S/C21H26N2O2/c1-16-3-2-4-18(11-16)14-23-10-9-19(15-23)13-22-21(25)12-17-5-7-20(24)8-6-17/h2-8,11,19,24H,9-10,12-15H2,1H3,(H,22,25)/t19-/m0/s1. The number of aromatic hydroxyl groups is 1. The molecule has 0 aliphatic carbocycles. The number of nitrogens with zero attached hydrogens (tertiary/aromatic N) is 1. The zero-order valence-corrected chi connectivity index (χ0v) is 14.7. The molecule has 2 aromatic carbocycles. The third kappa shape index (κ3) is 5.33. The maximum atomic E-state index is 12.1. The largest absolute Gasteiger partial charge is 0.508 e. The highest BCUT2D eigenvalue weighted by atomic mass is 16.3. The zero-order chi connectivity index (χ0) is 17.6. The monoisotopic (exact) mass is 338 g/mol. The van der Waals surface area contributed by atoms with E-state index in [-0.39, 0.29) is 11.7 Å². The van der Waals surface area contributed by atoms with Crippen LogP contribution in [0.3, 0.4) is 0 Å². The highest BCUT2D eigenvalue weighted by Gasteiger charge is 2.22. The quantitative estimate of drug-likeness (QED) is 0.851. The average Bonchev–Trinajstić information content (AvgIpc) is 3.03. The molecule has 25 heavy (non-hydrogen) atoms. The lowest BCUT2D eigenvalue weighted by Crippen LogP contribution is -2.31. The molecule has 4 nitrogen and oxygen atoms in total. The summed E-state index contributed by atoms with van der Waals surface area (Å²) < 4.78 is 0. The average molecular weight is 338 g/mol. The number of benzene rings is 2. The van der Waals surface area contributed by atoms with Gasteiger partial charge in [-0.2, -0.15) is 0 Å². The molecule has 132 valence electrons. The molecular formula is C21H26N2O2. The highest BCUT2D eigenvalue weighted by molar-refractivity contribution is 5.78. The van der Waals surface area contributed by atoms with Gasteiger partial charge in [-0.25, -0.2) is 0 Å². The fourth-order valence-electron chi connectivity index (χ4n) is 3.41. The first kappa shape index (κ1) is 17.5. The minimum absolute atomic E-state index is 0.0443. The van der Waals surface area contributed by atoms with Crippen LogP contribution in [0.25, 0.3) is 0 Å². The van der Waals surface area contributed by atoms with E-state index in [1.807, 2.05) is 0 Å². The molecule has 0 aromatic heterocycles. The summed E-state index contributed by atoms with van der Waals surface area (Å²) in [6.45, 7) is 5.97. The number of carbonyl (C=O) groups excluding carboxylic acids is 1. The minimum Gasteiger partial charge on any atom is -0.508 e. The zero-order valence-electron chi connectivity index (χ0n) is 14.7. The van der Waals surface area contributed by atoms with Crippen molar-refractivity contribution in [1.29, 1.82) is 0 Å². The van der Waals surface area contributed by atoms with Crippen LogP contribution in [0.4, 0.5) is 0 Å². The van der Waals surface area contributed by atoms with Crippen LogP contribution >= 0.6 is 0 Å². The van der Waals surface area contributed by atoms with Crippen LogP contribution in [0.2, 0.25) is 0 Å². The van der Waals surface area contributed by atoms with Crippen molar-refractivity contribution in [2.24, 2.45) is 5.92 Å². The summed E-state index contributed by atoms with van der Waals surface area (Å²) in [5.74, 6) is 0.792. The SMILES string of the molecule is Cc1cccc(CN2CC[C@@H](CNC(=O)Cc3ccc(O)cc3)C2)c1. The summed E-state index contributed by atoms with van der Waals surface area (Å²) in [5.41, 5.74) is 3.58. The van der Waals surface area contributed by atoms with Gasteiger partial charge in [0, 0.05) is 19.6 Å². The molecule has 0 unspecified atom stereocenters. The van der Waals surface area contributed by atoms with Crippen molar-refractivity contribution >= 4 is 5.91 Å². The number of hydrogen-bond donors (Lipinski definition) is 2. The van der Waals surface area contributed by atoms with E-state index in [1.54, 1.807) is 24.3 Å². The molecule has 0 spiro atoms. The Kier molecular flexibility index (Phi) is 5.71. The van der Waals surface area contributed by atoms with Crippen LogP contribution in [0.15, 0.2) is 48.5 Å². The highest BCUT2D eigenvalue weighted by Crippen LogP contribution is 2.18. The van der Waals surface area contributed by atoms with Crippen LogP contribution in [0.5, 0.6) is 5.75 Å². The number of hydrogen-bond acceptors (Lipinski definition) is 3. The Bertz CT molecular complexity index is 712. The fourth-order valence-corrected chi connectivity index (χ4v) is 3.41. The summed E-state index contributed by atoms with van der Waals surface area (Å²) in [5, 5.41) is 12.3. The van der Waals surface area contributed by atoms with Crippen LogP contribution in [0, 0.1) is 12.8 Å². The molecule has 1 heterocycles. The van der Waals surface area contributed by atoms with Crippen molar-refractivity contribution in [3.8, 4) is 5.75 Å². The maximum Gasteiger partial charge on any atom is 0.224 e. The Morgan fingerprint density at radius 1 is 1.20 bits per heavy atom. The number of amides is 1. The number of rotatable bonds is 6. The second-order valence-electron chi connectivity index (χ2n) is 7.03. The topological polar surface area (TPSA) is 52.6 Å². The normalized spacial score (nSPS) is 17.6. The molecule has 1 aliphatic rings. The van der Waals surface area contributed by atoms with E-state index in [9.17, 15) is 9.90 Å². The summed E-state index contributed by atoms with van der Waals surface area (Å²) in [7, 11) is 0. The number of aryl methyl sites for hydroxylation is 1. The molecule has 2 N–H and O–H groups in total. The van der Waals surface area contributed by atoms with Crippen LogP contribution in [0.1, 0.15) is 23.1 Å². The fraction of sp³-hybridized carbons (Fsp3) is 0.381. The predicted octanol–water partition coefficient (Wildman–Crippen LogP) is 2.88.